The molecular weight excluding hydrogens is 366 g/mol. The van der Waals surface area contributed by atoms with Crippen LogP contribution < -0.4 is 5.32 Å². The van der Waals surface area contributed by atoms with E-state index in [4.69, 9.17) is 4.74 Å². The Hall–Kier alpha value is -1.95. The Bertz CT molecular complexity index is 691. The van der Waals surface area contributed by atoms with E-state index in [1.165, 1.54) is 12.8 Å². The summed E-state index contributed by atoms with van der Waals surface area (Å²) in [5.41, 5.74) is -0.384. The topological polar surface area (TPSA) is 71.5 Å². The lowest BCUT2D eigenvalue weighted by molar-refractivity contribution is -0.136. The lowest BCUT2D eigenvalue weighted by Crippen LogP contribution is -2.64. The van der Waals surface area contributed by atoms with Crippen molar-refractivity contribution in [2.45, 2.75) is 88.3 Å². The van der Waals surface area contributed by atoms with Crippen LogP contribution in [0.3, 0.4) is 0 Å². The highest BCUT2D eigenvalue weighted by molar-refractivity contribution is 5.98. The number of amides is 2. The maximum absolute atomic E-state index is 13.7. The molecule has 4 rings (SSSR count). The summed E-state index contributed by atoms with van der Waals surface area (Å²) in [6, 6.07) is 5.63. The van der Waals surface area contributed by atoms with Crippen molar-refractivity contribution in [1.82, 2.24) is 15.2 Å². The molecule has 0 radical (unpaired) electrons. The quantitative estimate of drug-likeness (QED) is 0.795. The van der Waals surface area contributed by atoms with Crippen LogP contribution in [-0.4, -0.2) is 52.5 Å². The summed E-state index contributed by atoms with van der Waals surface area (Å²) < 4.78 is 5.87. The van der Waals surface area contributed by atoms with Gasteiger partial charge in [-0.15, -0.1) is 0 Å². The van der Waals surface area contributed by atoms with Gasteiger partial charge in [0.05, 0.1) is 6.10 Å². The first kappa shape index (κ1) is 20.3. The van der Waals surface area contributed by atoms with Gasteiger partial charge < -0.3 is 15.0 Å². The zero-order valence-corrected chi connectivity index (χ0v) is 17.3. The first-order valence-corrected chi connectivity index (χ1v) is 11.3. The summed E-state index contributed by atoms with van der Waals surface area (Å²) >= 11 is 0. The second-order valence-corrected chi connectivity index (χ2v) is 8.81. The van der Waals surface area contributed by atoms with Crippen LogP contribution in [0.15, 0.2) is 24.4 Å². The van der Waals surface area contributed by atoms with Crippen molar-refractivity contribution in [1.29, 1.82) is 0 Å². The maximum atomic E-state index is 13.7. The summed E-state index contributed by atoms with van der Waals surface area (Å²) in [4.78, 5) is 33.4. The monoisotopic (exact) mass is 399 g/mol. The Morgan fingerprint density at radius 3 is 2.52 bits per heavy atom. The van der Waals surface area contributed by atoms with Crippen LogP contribution in [-0.2, 0) is 9.53 Å². The zero-order valence-electron chi connectivity index (χ0n) is 17.3. The molecule has 1 aliphatic heterocycles. The van der Waals surface area contributed by atoms with Crippen LogP contribution >= 0.6 is 0 Å². The summed E-state index contributed by atoms with van der Waals surface area (Å²) in [6.07, 6.45) is 12.5. The highest BCUT2D eigenvalue weighted by Crippen LogP contribution is 2.36. The van der Waals surface area contributed by atoms with E-state index in [2.05, 4.69) is 10.3 Å². The molecule has 3 aliphatic rings. The molecule has 1 N–H and O–H groups in total. The first-order chi connectivity index (χ1) is 14.2. The van der Waals surface area contributed by atoms with Crippen molar-refractivity contribution in [2.24, 2.45) is 0 Å². The number of ether oxygens (including phenoxy) is 1. The molecule has 1 saturated heterocycles. The molecule has 2 heterocycles. The predicted octanol–water partition coefficient (Wildman–Crippen LogP) is 3.46. The standard InChI is InChI=1S/C23H33N3O3/c27-21(20-12-4-7-15-24-20)26(17-19-11-8-16-29-19)23(13-5-1-6-14-23)22(28)25-18-9-2-3-10-18/h4,7,12,15,18-19H,1-3,5-6,8-11,13-14,16-17H2,(H,25,28). The number of nitrogens with zero attached hydrogens (tertiary/aromatic N) is 2. The molecular formula is C23H33N3O3. The predicted molar refractivity (Wildman–Crippen MR) is 110 cm³/mol. The van der Waals surface area contributed by atoms with Crippen molar-refractivity contribution in [3.8, 4) is 0 Å². The van der Waals surface area contributed by atoms with Crippen LogP contribution in [0.5, 0.6) is 0 Å². The molecule has 2 amide bonds. The van der Waals surface area contributed by atoms with Crippen LogP contribution in [0.4, 0.5) is 0 Å². The largest absolute Gasteiger partial charge is 0.376 e. The Morgan fingerprint density at radius 1 is 1.07 bits per heavy atom. The fourth-order valence-corrected chi connectivity index (χ4v) is 5.22. The highest BCUT2D eigenvalue weighted by atomic mass is 16.5. The second kappa shape index (κ2) is 9.24. The lowest BCUT2D eigenvalue weighted by Gasteiger charge is -2.46. The van der Waals surface area contributed by atoms with Gasteiger partial charge in [-0.05, 0) is 50.7 Å². The molecule has 2 saturated carbocycles. The van der Waals surface area contributed by atoms with E-state index in [0.717, 1.165) is 64.4 Å². The minimum atomic E-state index is -0.790. The van der Waals surface area contributed by atoms with E-state index in [1.807, 2.05) is 17.0 Å². The van der Waals surface area contributed by atoms with Crippen LogP contribution in [0.1, 0.15) is 81.1 Å². The molecule has 0 aromatic carbocycles. The number of pyridine rings is 1. The summed E-state index contributed by atoms with van der Waals surface area (Å²) in [6.45, 7) is 1.20. The Balaban J connectivity index is 1.64. The van der Waals surface area contributed by atoms with Gasteiger partial charge in [0.15, 0.2) is 0 Å². The van der Waals surface area contributed by atoms with Crippen LogP contribution in [0.25, 0.3) is 0 Å². The molecule has 3 fully saturated rings. The summed E-state index contributed by atoms with van der Waals surface area (Å²) in [5, 5.41) is 3.31. The van der Waals surface area contributed by atoms with Gasteiger partial charge in [0, 0.05) is 25.4 Å². The number of hydrogen-bond acceptors (Lipinski definition) is 4. The van der Waals surface area contributed by atoms with Gasteiger partial charge in [-0.3, -0.25) is 14.6 Å². The fraction of sp³-hybridized carbons (Fsp3) is 0.696. The molecule has 6 nitrogen and oxygen atoms in total. The van der Waals surface area contributed by atoms with Gasteiger partial charge in [-0.2, -0.15) is 0 Å². The number of aromatic nitrogens is 1. The van der Waals surface area contributed by atoms with Crippen LogP contribution in [0.2, 0.25) is 0 Å². The number of nitrogens with one attached hydrogen (secondary N) is 1. The highest BCUT2D eigenvalue weighted by Gasteiger charge is 2.48. The second-order valence-electron chi connectivity index (χ2n) is 8.81. The van der Waals surface area contributed by atoms with E-state index in [-0.39, 0.29) is 24.0 Å². The normalized spacial score (nSPS) is 24.3. The molecule has 1 unspecified atom stereocenters. The summed E-state index contributed by atoms with van der Waals surface area (Å²) in [7, 11) is 0. The van der Waals surface area contributed by atoms with E-state index in [1.54, 1.807) is 12.3 Å². The van der Waals surface area contributed by atoms with E-state index >= 15 is 0 Å². The first-order valence-electron chi connectivity index (χ1n) is 11.3. The molecule has 0 spiro atoms. The minimum absolute atomic E-state index is 0.000689. The molecule has 6 heteroatoms. The Kier molecular flexibility index (Phi) is 6.48. The molecule has 1 aromatic rings. The van der Waals surface area contributed by atoms with Gasteiger partial charge in [-0.25, -0.2) is 0 Å². The van der Waals surface area contributed by atoms with Crippen molar-refractivity contribution < 1.29 is 14.3 Å². The minimum Gasteiger partial charge on any atom is -0.376 e. The van der Waals surface area contributed by atoms with E-state index in [0.29, 0.717) is 12.2 Å². The molecule has 1 aromatic heterocycles. The van der Waals surface area contributed by atoms with Gasteiger partial charge in [0.25, 0.3) is 5.91 Å². The molecule has 29 heavy (non-hydrogen) atoms. The zero-order chi connectivity index (χ0) is 20.1. The van der Waals surface area contributed by atoms with Gasteiger partial charge in [-0.1, -0.05) is 38.2 Å². The van der Waals surface area contributed by atoms with Crippen molar-refractivity contribution in [3.63, 3.8) is 0 Å². The van der Waals surface area contributed by atoms with Gasteiger partial charge >= 0.3 is 0 Å². The number of carbonyl (C=O) groups excluding carboxylic acids is 2. The third-order valence-electron chi connectivity index (χ3n) is 6.85. The molecule has 2 aliphatic carbocycles. The average Bonchev–Trinajstić information content (AvgIpc) is 3.47. The molecule has 158 valence electrons. The van der Waals surface area contributed by atoms with Crippen LogP contribution in [0, 0.1) is 0 Å². The van der Waals surface area contributed by atoms with E-state index < -0.39 is 5.54 Å². The van der Waals surface area contributed by atoms with Crippen molar-refractivity contribution >= 4 is 11.8 Å². The average molecular weight is 400 g/mol. The molecule has 1 atom stereocenters. The smallest absolute Gasteiger partial charge is 0.273 e. The number of rotatable bonds is 6. The van der Waals surface area contributed by atoms with Crippen molar-refractivity contribution in [3.05, 3.63) is 30.1 Å². The maximum Gasteiger partial charge on any atom is 0.273 e. The van der Waals surface area contributed by atoms with Gasteiger partial charge in [0.1, 0.15) is 11.2 Å². The SMILES string of the molecule is O=C(c1ccccn1)N(CC1CCCO1)C1(C(=O)NC2CCCC2)CCCCC1. The number of carbonyl (C=O) groups is 2. The Labute approximate surface area is 173 Å². The number of hydrogen-bond donors (Lipinski definition) is 1. The molecule has 0 bridgehead atoms. The Morgan fingerprint density at radius 2 is 1.86 bits per heavy atom. The third-order valence-corrected chi connectivity index (χ3v) is 6.85. The van der Waals surface area contributed by atoms with Gasteiger partial charge in [0.2, 0.25) is 5.91 Å². The van der Waals surface area contributed by atoms with Crippen molar-refractivity contribution in [2.75, 3.05) is 13.2 Å². The van der Waals surface area contributed by atoms with E-state index in [9.17, 15) is 9.59 Å². The fourth-order valence-electron chi connectivity index (χ4n) is 5.22. The lowest BCUT2D eigenvalue weighted by atomic mass is 9.78. The summed E-state index contributed by atoms with van der Waals surface area (Å²) in [5.74, 6) is -0.115. The third kappa shape index (κ3) is 4.47.